The number of carboxylic acids is 1. The number of carbonyl (C=O) groups is 1. The van der Waals surface area contributed by atoms with Gasteiger partial charge in [0.1, 0.15) is 5.75 Å². The van der Waals surface area contributed by atoms with Gasteiger partial charge in [0, 0.05) is 6.07 Å². The van der Waals surface area contributed by atoms with Crippen molar-refractivity contribution in [2.24, 2.45) is 0 Å². The Morgan fingerprint density at radius 1 is 1.47 bits per heavy atom. The van der Waals surface area contributed by atoms with Gasteiger partial charge >= 0.3 is 5.97 Å². The van der Waals surface area contributed by atoms with Gasteiger partial charge in [-0.2, -0.15) is 0 Å². The van der Waals surface area contributed by atoms with E-state index in [1.807, 2.05) is 0 Å². The minimum atomic E-state index is -1.20. The van der Waals surface area contributed by atoms with Gasteiger partial charge in [-0.1, -0.05) is 22.8 Å². The van der Waals surface area contributed by atoms with E-state index in [4.69, 9.17) is 21.2 Å². The molecule has 6 heteroatoms. The van der Waals surface area contributed by atoms with Crippen LogP contribution in [0.4, 0.5) is 0 Å². The predicted octanol–water partition coefficient (Wildman–Crippen LogP) is 2.71. The Labute approximate surface area is 101 Å². The van der Waals surface area contributed by atoms with Crippen molar-refractivity contribution in [2.45, 2.75) is 6.92 Å². The number of halogens is 1. The number of aromatic hydroxyl groups is 1. The number of carboxylic acid groups (broad SMARTS) is 1. The highest BCUT2D eigenvalue weighted by atomic mass is 35.5. The summed E-state index contributed by atoms with van der Waals surface area (Å²) in [6.07, 6.45) is 0. The third-order valence-electron chi connectivity index (χ3n) is 2.31. The molecule has 0 atom stereocenters. The molecular weight excluding hydrogens is 246 g/mol. The third-order valence-corrected chi connectivity index (χ3v) is 2.62. The fraction of sp³-hybridized carbons (Fsp3) is 0.0909. The number of aryl methyl sites for hydroxylation is 1. The second-order valence-electron chi connectivity index (χ2n) is 3.47. The molecule has 88 valence electrons. The molecule has 0 unspecified atom stereocenters. The van der Waals surface area contributed by atoms with Crippen LogP contribution in [0.15, 0.2) is 22.7 Å². The maximum Gasteiger partial charge on any atom is 0.358 e. The number of rotatable bonds is 2. The molecule has 0 bridgehead atoms. The summed E-state index contributed by atoms with van der Waals surface area (Å²) in [5.41, 5.74) is 0.830. The summed E-state index contributed by atoms with van der Waals surface area (Å²) in [7, 11) is 0. The third kappa shape index (κ3) is 1.97. The normalized spacial score (nSPS) is 10.5. The van der Waals surface area contributed by atoms with Crippen LogP contribution in [0.2, 0.25) is 5.02 Å². The van der Waals surface area contributed by atoms with Crippen LogP contribution in [-0.4, -0.2) is 21.3 Å². The minimum Gasteiger partial charge on any atom is -0.506 e. The van der Waals surface area contributed by atoms with E-state index in [1.54, 1.807) is 19.1 Å². The molecule has 2 rings (SSSR count). The SMILES string of the molecule is Cc1ccc(Cl)c(O)c1-c1cc(C(=O)O)no1. The first kappa shape index (κ1) is 11.5. The van der Waals surface area contributed by atoms with E-state index >= 15 is 0 Å². The van der Waals surface area contributed by atoms with E-state index in [1.165, 1.54) is 6.07 Å². The largest absolute Gasteiger partial charge is 0.506 e. The molecule has 1 aromatic carbocycles. The molecule has 1 aromatic heterocycles. The standard InChI is InChI=1S/C11H8ClNO4/c1-5-2-3-6(12)10(14)9(5)8-4-7(11(15)16)13-17-8/h2-4,14H,1H3,(H,15,16). The molecule has 0 amide bonds. The molecule has 5 nitrogen and oxygen atoms in total. The molecule has 0 aliphatic heterocycles. The highest BCUT2D eigenvalue weighted by Crippen LogP contribution is 2.37. The topological polar surface area (TPSA) is 83.6 Å². The predicted molar refractivity (Wildman–Crippen MR) is 60.3 cm³/mol. The van der Waals surface area contributed by atoms with Crippen LogP contribution in [0.5, 0.6) is 5.75 Å². The zero-order chi connectivity index (χ0) is 12.6. The Kier molecular flexibility index (Phi) is 2.77. The maximum atomic E-state index is 10.7. The lowest BCUT2D eigenvalue weighted by molar-refractivity contribution is 0.0686. The number of hydrogen-bond acceptors (Lipinski definition) is 4. The molecule has 2 N–H and O–H groups in total. The number of nitrogens with zero attached hydrogens (tertiary/aromatic N) is 1. The summed E-state index contributed by atoms with van der Waals surface area (Å²) >= 11 is 5.78. The zero-order valence-electron chi connectivity index (χ0n) is 8.77. The van der Waals surface area contributed by atoms with E-state index in [2.05, 4.69) is 5.16 Å². The van der Waals surface area contributed by atoms with Crippen molar-refractivity contribution in [2.75, 3.05) is 0 Å². The Bertz CT molecular complexity index is 591. The molecule has 0 fully saturated rings. The lowest BCUT2D eigenvalue weighted by Crippen LogP contribution is -1.94. The monoisotopic (exact) mass is 253 g/mol. The first-order chi connectivity index (χ1) is 8.00. The quantitative estimate of drug-likeness (QED) is 0.860. The Morgan fingerprint density at radius 3 is 2.76 bits per heavy atom. The second-order valence-corrected chi connectivity index (χ2v) is 3.88. The van der Waals surface area contributed by atoms with Crippen molar-refractivity contribution in [3.05, 3.63) is 34.5 Å². The van der Waals surface area contributed by atoms with Gasteiger partial charge in [-0.25, -0.2) is 4.79 Å². The first-order valence-corrected chi connectivity index (χ1v) is 5.07. The van der Waals surface area contributed by atoms with Crippen LogP contribution in [0.1, 0.15) is 16.1 Å². The Balaban J connectivity index is 2.60. The van der Waals surface area contributed by atoms with Gasteiger partial charge < -0.3 is 14.7 Å². The number of benzene rings is 1. The molecule has 0 saturated carbocycles. The average molecular weight is 254 g/mol. The number of aromatic nitrogens is 1. The van der Waals surface area contributed by atoms with Crippen molar-refractivity contribution in [3.8, 4) is 17.1 Å². The molecule has 1 heterocycles. The lowest BCUT2D eigenvalue weighted by atomic mass is 10.1. The molecule has 0 radical (unpaired) electrons. The van der Waals surface area contributed by atoms with Crippen LogP contribution in [0.3, 0.4) is 0 Å². The van der Waals surface area contributed by atoms with Gasteiger partial charge in [0.2, 0.25) is 0 Å². The van der Waals surface area contributed by atoms with E-state index in [9.17, 15) is 9.90 Å². The summed E-state index contributed by atoms with van der Waals surface area (Å²) < 4.78 is 4.88. The van der Waals surface area contributed by atoms with Gasteiger partial charge in [-0.3, -0.25) is 0 Å². The summed E-state index contributed by atoms with van der Waals surface area (Å²) in [6.45, 7) is 1.74. The zero-order valence-corrected chi connectivity index (χ0v) is 9.52. The van der Waals surface area contributed by atoms with Gasteiger partial charge in [0.25, 0.3) is 0 Å². The molecule has 2 aromatic rings. The molecule has 0 aliphatic rings. The van der Waals surface area contributed by atoms with E-state index in [0.717, 1.165) is 0 Å². The summed E-state index contributed by atoms with van der Waals surface area (Å²) in [5.74, 6) is -1.18. The lowest BCUT2D eigenvalue weighted by Gasteiger charge is -2.05. The number of phenolic OH excluding ortho intramolecular Hbond substituents is 1. The van der Waals surface area contributed by atoms with Crippen molar-refractivity contribution < 1.29 is 19.5 Å². The van der Waals surface area contributed by atoms with E-state index in [-0.39, 0.29) is 22.2 Å². The number of hydrogen-bond donors (Lipinski definition) is 2. The Hall–Kier alpha value is -2.01. The van der Waals surface area contributed by atoms with Crippen LogP contribution >= 0.6 is 11.6 Å². The van der Waals surface area contributed by atoms with Crippen molar-refractivity contribution >= 4 is 17.6 Å². The second kappa shape index (κ2) is 4.10. The summed E-state index contributed by atoms with van der Waals surface area (Å²) in [6, 6.07) is 4.48. The van der Waals surface area contributed by atoms with Crippen molar-refractivity contribution in [1.82, 2.24) is 5.16 Å². The maximum absolute atomic E-state index is 10.7. The van der Waals surface area contributed by atoms with Crippen LogP contribution < -0.4 is 0 Å². The van der Waals surface area contributed by atoms with Crippen LogP contribution in [-0.2, 0) is 0 Å². The fourth-order valence-corrected chi connectivity index (χ4v) is 1.63. The van der Waals surface area contributed by atoms with Crippen LogP contribution in [0, 0.1) is 6.92 Å². The smallest absolute Gasteiger partial charge is 0.358 e. The van der Waals surface area contributed by atoms with Gasteiger partial charge in [-0.15, -0.1) is 0 Å². The molecule has 0 spiro atoms. The first-order valence-electron chi connectivity index (χ1n) is 4.69. The Morgan fingerprint density at radius 2 is 2.18 bits per heavy atom. The summed E-state index contributed by atoms with van der Waals surface area (Å²) in [4.78, 5) is 10.7. The average Bonchev–Trinajstić information content (AvgIpc) is 2.73. The van der Waals surface area contributed by atoms with Gasteiger partial charge in [0.05, 0.1) is 10.6 Å². The highest BCUT2D eigenvalue weighted by molar-refractivity contribution is 6.32. The minimum absolute atomic E-state index is 0.153. The van der Waals surface area contributed by atoms with Crippen LogP contribution in [0.25, 0.3) is 11.3 Å². The van der Waals surface area contributed by atoms with Crippen molar-refractivity contribution in [3.63, 3.8) is 0 Å². The van der Waals surface area contributed by atoms with Gasteiger partial charge in [-0.05, 0) is 18.6 Å². The molecule has 0 aliphatic carbocycles. The summed E-state index contributed by atoms with van der Waals surface area (Å²) in [5, 5.41) is 22.1. The number of phenols is 1. The van der Waals surface area contributed by atoms with Crippen molar-refractivity contribution in [1.29, 1.82) is 0 Å². The van der Waals surface area contributed by atoms with Gasteiger partial charge in [0.15, 0.2) is 11.5 Å². The van der Waals surface area contributed by atoms with E-state index < -0.39 is 5.97 Å². The highest BCUT2D eigenvalue weighted by Gasteiger charge is 2.18. The molecular formula is C11H8ClNO4. The molecule has 17 heavy (non-hydrogen) atoms. The van der Waals surface area contributed by atoms with E-state index in [0.29, 0.717) is 11.1 Å². The fourth-order valence-electron chi connectivity index (χ4n) is 1.47. The molecule has 0 saturated heterocycles. The number of aromatic carboxylic acids is 1.